The van der Waals surface area contributed by atoms with Crippen LogP contribution in [0.1, 0.15) is 15.9 Å². The number of alkyl halides is 3. The minimum absolute atomic E-state index is 0.194. The van der Waals surface area contributed by atoms with Crippen molar-refractivity contribution in [3.63, 3.8) is 0 Å². The van der Waals surface area contributed by atoms with Gasteiger partial charge < -0.3 is 5.11 Å². The number of carbonyl (C=O) groups is 1. The maximum absolute atomic E-state index is 12.9. The summed E-state index contributed by atoms with van der Waals surface area (Å²) >= 11 is 0. The van der Waals surface area contributed by atoms with Crippen LogP contribution >= 0.6 is 0 Å². The molecule has 0 unspecified atom stereocenters. The number of carboxylic acid groups (broad SMARTS) is 1. The number of hydrogen-bond donors (Lipinski definition) is 1. The Labute approximate surface area is 106 Å². The average molecular weight is 270 g/mol. The Morgan fingerprint density at radius 2 is 2.05 bits per heavy atom. The molecule has 1 N–H and O–H groups in total. The largest absolute Gasteiger partial charge is 0.478 e. The van der Waals surface area contributed by atoms with Crippen molar-refractivity contribution in [2.24, 2.45) is 7.05 Å². The number of halogens is 3. The Bertz CT molecular complexity index is 632. The number of benzene rings is 1. The normalized spacial score (nSPS) is 11.6. The summed E-state index contributed by atoms with van der Waals surface area (Å²) in [5.74, 6) is -1.28. The van der Waals surface area contributed by atoms with Crippen LogP contribution in [0.25, 0.3) is 11.1 Å². The van der Waals surface area contributed by atoms with E-state index in [1.165, 1.54) is 17.1 Å². The third kappa shape index (κ3) is 2.59. The van der Waals surface area contributed by atoms with E-state index < -0.39 is 17.7 Å². The van der Waals surface area contributed by atoms with E-state index in [1.807, 2.05) is 0 Å². The molecule has 0 bridgehead atoms. The molecule has 0 aliphatic rings. The molecule has 0 amide bonds. The van der Waals surface area contributed by atoms with Crippen LogP contribution in [0.4, 0.5) is 13.2 Å². The third-order valence-electron chi connectivity index (χ3n) is 2.59. The fourth-order valence-corrected chi connectivity index (χ4v) is 1.72. The summed E-state index contributed by atoms with van der Waals surface area (Å²) in [6.45, 7) is 0. The van der Waals surface area contributed by atoms with E-state index in [0.717, 1.165) is 18.2 Å². The third-order valence-corrected chi connectivity index (χ3v) is 2.59. The monoisotopic (exact) mass is 270 g/mol. The zero-order valence-electron chi connectivity index (χ0n) is 9.77. The predicted octanol–water partition coefficient (Wildman–Crippen LogP) is 2.80. The lowest BCUT2D eigenvalue weighted by Gasteiger charge is -2.12. The Morgan fingerprint density at radius 1 is 1.37 bits per heavy atom. The van der Waals surface area contributed by atoms with Gasteiger partial charge in [0.05, 0.1) is 17.3 Å². The first-order valence-corrected chi connectivity index (χ1v) is 5.22. The Morgan fingerprint density at radius 3 is 2.53 bits per heavy atom. The van der Waals surface area contributed by atoms with Crippen molar-refractivity contribution in [3.05, 3.63) is 41.7 Å². The molecule has 1 aromatic heterocycles. The first-order valence-electron chi connectivity index (χ1n) is 5.22. The summed E-state index contributed by atoms with van der Waals surface area (Å²) < 4.78 is 40.0. The first kappa shape index (κ1) is 13.1. The van der Waals surface area contributed by atoms with Crippen molar-refractivity contribution < 1.29 is 23.1 Å². The molecule has 2 rings (SSSR count). The smallest absolute Gasteiger partial charge is 0.417 e. The second-order valence-corrected chi connectivity index (χ2v) is 3.97. The molecule has 4 nitrogen and oxygen atoms in total. The van der Waals surface area contributed by atoms with Crippen molar-refractivity contribution in [2.45, 2.75) is 6.18 Å². The lowest BCUT2D eigenvalue weighted by Crippen LogP contribution is -2.08. The number of carboxylic acids is 1. The van der Waals surface area contributed by atoms with E-state index in [4.69, 9.17) is 5.11 Å². The van der Waals surface area contributed by atoms with Crippen LogP contribution in [-0.2, 0) is 13.2 Å². The zero-order valence-corrected chi connectivity index (χ0v) is 9.77. The molecule has 1 heterocycles. The van der Waals surface area contributed by atoms with Crippen molar-refractivity contribution >= 4 is 5.97 Å². The summed E-state index contributed by atoms with van der Waals surface area (Å²) in [7, 11) is 1.57. The molecule has 19 heavy (non-hydrogen) atoms. The molecule has 100 valence electrons. The zero-order chi connectivity index (χ0) is 14.2. The molecule has 0 fully saturated rings. The van der Waals surface area contributed by atoms with Gasteiger partial charge in [-0.25, -0.2) is 4.79 Å². The summed E-state index contributed by atoms with van der Waals surface area (Å²) in [6, 6.07) is 2.71. The van der Waals surface area contributed by atoms with Crippen molar-refractivity contribution in [2.75, 3.05) is 0 Å². The van der Waals surface area contributed by atoms with E-state index in [9.17, 15) is 18.0 Å². The van der Waals surface area contributed by atoms with Crippen molar-refractivity contribution in [1.29, 1.82) is 0 Å². The van der Waals surface area contributed by atoms with Crippen LogP contribution in [-0.4, -0.2) is 20.9 Å². The molecule has 1 aromatic carbocycles. The number of aromatic nitrogens is 2. The van der Waals surface area contributed by atoms with E-state index in [0.29, 0.717) is 0 Å². The highest BCUT2D eigenvalue weighted by atomic mass is 19.4. The number of aromatic carboxylic acids is 1. The summed E-state index contributed by atoms with van der Waals surface area (Å²) in [4.78, 5) is 10.8. The minimum Gasteiger partial charge on any atom is -0.478 e. The highest BCUT2D eigenvalue weighted by Crippen LogP contribution is 2.37. The van der Waals surface area contributed by atoms with Crippen LogP contribution in [0, 0.1) is 0 Å². The van der Waals surface area contributed by atoms with Gasteiger partial charge in [-0.3, -0.25) is 4.68 Å². The lowest BCUT2D eigenvalue weighted by atomic mass is 9.99. The van der Waals surface area contributed by atoms with Gasteiger partial charge in [0.15, 0.2) is 0 Å². The van der Waals surface area contributed by atoms with Crippen LogP contribution in [0.2, 0.25) is 0 Å². The van der Waals surface area contributed by atoms with Crippen LogP contribution < -0.4 is 0 Å². The predicted molar refractivity (Wildman–Crippen MR) is 60.6 cm³/mol. The standard InChI is InChI=1S/C12H9F3N2O2/c1-17-6-8(5-16-17)9-4-7(11(18)19)2-3-10(9)12(13,14)15/h2-6H,1H3,(H,18,19). The SMILES string of the molecule is Cn1cc(-c2cc(C(=O)O)ccc2C(F)(F)F)cn1. The van der Waals surface area contributed by atoms with Crippen LogP contribution in [0.15, 0.2) is 30.6 Å². The maximum Gasteiger partial charge on any atom is 0.417 e. The van der Waals surface area contributed by atoms with Gasteiger partial charge in [-0.2, -0.15) is 18.3 Å². The maximum atomic E-state index is 12.9. The lowest BCUT2D eigenvalue weighted by molar-refractivity contribution is -0.137. The van der Waals surface area contributed by atoms with Gasteiger partial charge >= 0.3 is 12.1 Å². The molecular formula is C12H9F3N2O2. The molecule has 0 aliphatic carbocycles. The second-order valence-electron chi connectivity index (χ2n) is 3.97. The van der Waals surface area contributed by atoms with E-state index in [1.54, 1.807) is 7.05 Å². The molecule has 0 radical (unpaired) electrons. The fraction of sp³-hybridized carbons (Fsp3) is 0.167. The van der Waals surface area contributed by atoms with Gasteiger partial charge in [0, 0.05) is 18.8 Å². The van der Waals surface area contributed by atoms with Crippen LogP contribution in [0.5, 0.6) is 0 Å². The molecule has 0 aliphatic heterocycles. The molecule has 2 aromatic rings. The second kappa shape index (κ2) is 4.42. The van der Waals surface area contributed by atoms with Gasteiger partial charge in [-0.1, -0.05) is 0 Å². The molecule has 0 atom stereocenters. The van der Waals surface area contributed by atoms with Gasteiger partial charge in [0.2, 0.25) is 0 Å². The minimum atomic E-state index is -4.55. The van der Waals surface area contributed by atoms with E-state index >= 15 is 0 Å². The number of rotatable bonds is 2. The summed E-state index contributed by atoms with van der Waals surface area (Å²) in [6.07, 6.45) is -1.89. The quantitative estimate of drug-likeness (QED) is 0.912. The topological polar surface area (TPSA) is 55.1 Å². The Hall–Kier alpha value is -2.31. The Kier molecular flexibility index (Phi) is 3.05. The molecular weight excluding hydrogens is 261 g/mol. The molecule has 0 saturated carbocycles. The van der Waals surface area contributed by atoms with Gasteiger partial charge in [0.1, 0.15) is 0 Å². The summed E-state index contributed by atoms with van der Waals surface area (Å²) in [5.41, 5.74) is -1.06. The van der Waals surface area contributed by atoms with E-state index in [-0.39, 0.29) is 16.7 Å². The molecule has 0 saturated heterocycles. The van der Waals surface area contributed by atoms with Gasteiger partial charge in [-0.05, 0) is 23.8 Å². The highest BCUT2D eigenvalue weighted by molar-refractivity contribution is 5.90. The van der Waals surface area contributed by atoms with Gasteiger partial charge in [0.25, 0.3) is 0 Å². The number of aryl methyl sites for hydroxylation is 1. The molecule has 0 spiro atoms. The van der Waals surface area contributed by atoms with Gasteiger partial charge in [-0.15, -0.1) is 0 Å². The van der Waals surface area contributed by atoms with Crippen molar-refractivity contribution in [3.8, 4) is 11.1 Å². The number of nitrogens with zero attached hydrogens (tertiary/aromatic N) is 2. The first-order chi connectivity index (χ1) is 8.79. The van der Waals surface area contributed by atoms with Crippen LogP contribution in [0.3, 0.4) is 0 Å². The number of hydrogen-bond acceptors (Lipinski definition) is 2. The highest BCUT2D eigenvalue weighted by Gasteiger charge is 2.34. The summed E-state index contributed by atoms with van der Waals surface area (Å²) in [5, 5.41) is 12.6. The Balaban J connectivity index is 2.66. The average Bonchev–Trinajstić information content (AvgIpc) is 2.73. The van der Waals surface area contributed by atoms with E-state index in [2.05, 4.69) is 5.10 Å². The van der Waals surface area contributed by atoms with Crippen molar-refractivity contribution in [1.82, 2.24) is 9.78 Å². The fourth-order valence-electron chi connectivity index (χ4n) is 1.72. The molecule has 7 heteroatoms.